The lowest BCUT2D eigenvalue weighted by Crippen LogP contribution is -2.12. The Kier molecular flexibility index (Phi) is 4.35. The highest BCUT2D eigenvalue weighted by Gasteiger charge is 2.17. The first kappa shape index (κ1) is 18.2. The fraction of sp³-hybridized carbons (Fsp3) is 0.174. The summed E-state index contributed by atoms with van der Waals surface area (Å²) in [6, 6.07) is 17.1. The van der Waals surface area contributed by atoms with Crippen LogP contribution in [0.4, 0.5) is 5.69 Å². The molecule has 150 valence electrons. The van der Waals surface area contributed by atoms with E-state index in [-0.39, 0.29) is 12.7 Å². The number of aryl methyl sites for hydroxylation is 2. The predicted octanol–water partition coefficient (Wildman–Crippen LogP) is 4.27. The van der Waals surface area contributed by atoms with Crippen LogP contribution in [-0.4, -0.2) is 27.7 Å². The monoisotopic (exact) mass is 400 g/mol. The average molecular weight is 400 g/mol. The second kappa shape index (κ2) is 7.18. The Bertz CT molecular complexity index is 1260. The van der Waals surface area contributed by atoms with Crippen LogP contribution in [0.2, 0.25) is 0 Å². The van der Waals surface area contributed by atoms with Crippen molar-refractivity contribution in [2.75, 3.05) is 12.1 Å². The van der Waals surface area contributed by atoms with Crippen LogP contribution in [-0.2, 0) is 6.42 Å². The predicted molar refractivity (Wildman–Crippen MR) is 113 cm³/mol. The number of aromatic nitrogens is 3. The highest BCUT2D eigenvalue weighted by molar-refractivity contribution is 6.05. The van der Waals surface area contributed by atoms with Gasteiger partial charge < -0.3 is 14.8 Å². The number of anilines is 1. The zero-order valence-corrected chi connectivity index (χ0v) is 16.7. The molecule has 0 spiro atoms. The van der Waals surface area contributed by atoms with Gasteiger partial charge in [-0.2, -0.15) is 4.80 Å². The molecule has 1 N–H and O–H groups in total. The quantitative estimate of drug-likeness (QED) is 0.553. The van der Waals surface area contributed by atoms with Gasteiger partial charge in [0.25, 0.3) is 5.91 Å². The molecule has 4 aromatic rings. The van der Waals surface area contributed by atoms with E-state index in [0.717, 1.165) is 23.2 Å². The van der Waals surface area contributed by atoms with Gasteiger partial charge in [-0.15, -0.1) is 10.2 Å². The Morgan fingerprint density at radius 2 is 1.73 bits per heavy atom. The minimum absolute atomic E-state index is 0.174. The summed E-state index contributed by atoms with van der Waals surface area (Å²) in [6.45, 7) is 4.23. The molecule has 30 heavy (non-hydrogen) atoms. The molecule has 2 heterocycles. The van der Waals surface area contributed by atoms with Crippen LogP contribution in [0.15, 0.2) is 54.6 Å². The maximum absolute atomic E-state index is 12.7. The molecule has 0 fully saturated rings. The fourth-order valence-corrected chi connectivity index (χ4v) is 3.42. The zero-order valence-electron chi connectivity index (χ0n) is 16.7. The first-order chi connectivity index (χ1) is 14.6. The van der Waals surface area contributed by atoms with Gasteiger partial charge in [-0.1, -0.05) is 19.1 Å². The first-order valence-corrected chi connectivity index (χ1v) is 9.79. The third kappa shape index (κ3) is 3.24. The molecule has 0 radical (unpaired) electrons. The maximum atomic E-state index is 12.7. The van der Waals surface area contributed by atoms with Gasteiger partial charge in [0.05, 0.1) is 5.69 Å². The molecular weight excluding hydrogens is 380 g/mol. The molecule has 7 nitrogen and oxygen atoms in total. The molecule has 1 aliphatic heterocycles. The maximum Gasteiger partial charge on any atom is 0.255 e. The number of hydrogen-bond acceptors (Lipinski definition) is 5. The number of carbonyl (C=O) groups is 1. The summed E-state index contributed by atoms with van der Waals surface area (Å²) < 4.78 is 10.7. The summed E-state index contributed by atoms with van der Waals surface area (Å²) in [5.74, 6) is 0.998. The number of hydrogen-bond donors (Lipinski definition) is 1. The molecule has 1 amide bonds. The number of carbonyl (C=O) groups excluding carboxylic acids is 1. The van der Waals surface area contributed by atoms with Crippen molar-refractivity contribution in [2.24, 2.45) is 0 Å². The molecule has 1 aromatic heterocycles. The summed E-state index contributed by atoms with van der Waals surface area (Å²) in [4.78, 5) is 14.4. The molecule has 0 aliphatic carbocycles. The highest BCUT2D eigenvalue weighted by Crippen LogP contribution is 2.33. The van der Waals surface area contributed by atoms with Crippen molar-refractivity contribution in [1.29, 1.82) is 0 Å². The van der Waals surface area contributed by atoms with Gasteiger partial charge in [0.1, 0.15) is 11.0 Å². The molecular formula is C23H20N4O3. The van der Waals surface area contributed by atoms with Crippen LogP contribution in [0, 0.1) is 6.92 Å². The number of fused-ring (bicyclic) bond motifs is 2. The third-order valence-corrected chi connectivity index (χ3v) is 5.18. The van der Waals surface area contributed by atoms with Crippen molar-refractivity contribution in [3.05, 3.63) is 71.3 Å². The van der Waals surface area contributed by atoms with Gasteiger partial charge in [0.15, 0.2) is 11.5 Å². The fourth-order valence-electron chi connectivity index (χ4n) is 3.42. The van der Waals surface area contributed by atoms with Gasteiger partial charge in [-0.25, -0.2) is 0 Å². The summed E-state index contributed by atoms with van der Waals surface area (Å²) >= 11 is 0. The minimum Gasteiger partial charge on any atom is -0.454 e. The smallest absolute Gasteiger partial charge is 0.255 e. The summed E-state index contributed by atoms with van der Waals surface area (Å²) in [5.41, 5.74) is 5.74. The molecule has 3 aromatic carbocycles. The van der Waals surface area contributed by atoms with Gasteiger partial charge >= 0.3 is 0 Å². The van der Waals surface area contributed by atoms with Gasteiger partial charge in [-0.3, -0.25) is 4.79 Å². The van der Waals surface area contributed by atoms with E-state index >= 15 is 0 Å². The number of nitrogens with zero attached hydrogens (tertiary/aromatic N) is 3. The molecule has 0 saturated carbocycles. The topological polar surface area (TPSA) is 78.3 Å². The van der Waals surface area contributed by atoms with E-state index in [4.69, 9.17) is 9.47 Å². The van der Waals surface area contributed by atoms with Crippen molar-refractivity contribution in [2.45, 2.75) is 20.3 Å². The number of amides is 1. The number of rotatable bonds is 4. The summed E-state index contributed by atoms with van der Waals surface area (Å²) in [7, 11) is 0. The van der Waals surface area contributed by atoms with E-state index in [1.54, 1.807) is 23.0 Å². The summed E-state index contributed by atoms with van der Waals surface area (Å²) in [6.07, 6.45) is 0.987. The molecule has 7 heteroatoms. The van der Waals surface area contributed by atoms with E-state index in [9.17, 15) is 4.79 Å². The van der Waals surface area contributed by atoms with Crippen LogP contribution in [0.1, 0.15) is 28.4 Å². The van der Waals surface area contributed by atoms with Crippen LogP contribution in [0.25, 0.3) is 16.7 Å². The number of benzene rings is 3. The zero-order chi connectivity index (χ0) is 20.7. The average Bonchev–Trinajstić information content (AvgIpc) is 3.40. The van der Waals surface area contributed by atoms with Crippen molar-refractivity contribution in [3.63, 3.8) is 0 Å². The SMILES string of the molecule is CCc1ccc(-n2nc3cc(C)c(NC(=O)c4ccc5c(c4)OCO5)cc3n2)cc1. The third-order valence-electron chi connectivity index (χ3n) is 5.18. The van der Waals surface area contributed by atoms with Crippen LogP contribution in [0.5, 0.6) is 11.5 Å². The molecule has 0 unspecified atom stereocenters. The minimum atomic E-state index is -0.224. The Labute approximate surface area is 173 Å². The lowest BCUT2D eigenvalue weighted by atomic mass is 10.1. The highest BCUT2D eigenvalue weighted by atomic mass is 16.7. The molecule has 1 aliphatic rings. The van der Waals surface area contributed by atoms with Gasteiger partial charge in [-0.05, 0) is 66.9 Å². The second-order valence-corrected chi connectivity index (χ2v) is 7.19. The summed E-state index contributed by atoms with van der Waals surface area (Å²) in [5, 5.41) is 12.1. The largest absolute Gasteiger partial charge is 0.454 e. The number of nitrogens with one attached hydrogen (secondary N) is 1. The molecule has 5 rings (SSSR count). The van der Waals surface area contributed by atoms with Crippen LogP contribution in [0.3, 0.4) is 0 Å². The first-order valence-electron chi connectivity index (χ1n) is 9.79. The number of ether oxygens (including phenoxy) is 2. The van der Waals surface area contributed by atoms with Gasteiger partial charge in [0.2, 0.25) is 6.79 Å². The Morgan fingerprint density at radius 1 is 1.00 bits per heavy atom. The molecule has 0 saturated heterocycles. The molecule has 0 atom stereocenters. The van der Waals surface area contributed by atoms with Crippen LogP contribution < -0.4 is 14.8 Å². The lowest BCUT2D eigenvalue weighted by molar-refractivity contribution is 0.102. The van der Waals surface area contributed by atoms with Crippen molar-refractivity contribution in [3.8, 4) is 17.2 Å². The lowest BCUT2D eigenvalue weighted by Gasteiger charge is -2.08. The Balaban J connectivity index is 1.43. The van der Waals surface area contributed by atoms with Crippen molar-refractivity contribution in [1.82, 2.24) is 15.0 Å². The molecule has 0 bridgehead atoms. The Morgan fingerprint density at radius 3 is 2.50 bits per heavy atom. The van der Waals surface area contributed by atoms with Crippen molar-refractivity contribution < 1.29 is 14.3 Å². The van der Waals surface area contributed by atoms with E-state index in [1.807, 2.05) is 31.2 Å². The van der Waals surface area contributed by atoms with Gasteiger partial charge in [0, 0.05) is 11.3 Å². The normalized spacial score (nSPS) is 12.3. The van der Waals surface area contributed by atoms with E-state index < -0.39 is 0 Å². The van der Waals surface area contributed by atoms with E-state index in [1.165, 1.54) is 5.56 Å². The standard InChI is InChI=1S/C23H20N4O3/c1-3-15-4-7-17(8-5-15)27-25-19-10-14(2)18(12-20(19)26-27)24-23(28)16-6-9-21-22(11-16)30-13-29-21/h4-12H,3,13H2,1-2H3,(H,24,28). The van der Waals surface area contributed by atoms with E-state index in [0.29, 0.717) is 28.3 Å². The van der Waals surface area contributed by atoms with E-state index in [2.05, 4.69) is 34.6 Å². The second-order valence-electron chi connectivity index (χ2n) is 7.19. The Hall–Kier alpha value is -3.87. The van der Waals surface area contributed by atoms with Crippen molar-refractivity contribution >= 4 is 22.6 Å². The van der Waals surface area contributed by atoms with Crippen LogP contribution >= 0.6 is 0 Å².